The molecule has 7 heteroatoms. The molecule has 0 aromatic carbocycles. The Labute approximate surface area is 121 Å². The predicted molar refractivity (Wildman–Crippen MR) is 77.6 cm³/mol. The van der Waals surface area contributed by atoms with Gasteiger partial charge in [0.25, 0.3) is 5.91 Å². The Kier molecular flexibility index (Phi) is 3.43. The lowest BCUT2D eigenvalue weighted by Gasteiger charge is -2.07. The second kappa shape index (κ2) is 5.24. The highest BCUT2D eigenvalue weighted by molar-refractivity contribution is 7.98. The minimum Gasteiger partial charge on any atom is -0.306 e. The molecule has 2 aromatic rings. The Bertz CT molecular complexity index is 650. The van der Waals surface area contributed by atoms with E-state index in [0.717, 1.165) is 40.8 Å². The molecular formula is C13H15N5OS. The highest BCUT2D eigenvalue weighted by Gasteiger charge is 2.22. The molecule has 20 heavy (non-hydrogen) atoms. The summed E-state index contributed by atoms with van der Waals surface area (Å²) >= 11 is 1.81. The molecule has 0 bridgehead atoms. The van der Waals surface area contributed by atoms with Crippen molar-refractivity contribution in [2.75, 3.05) is 5.32 Å². The average Bonchev–Trinajstić information content (AvgIpc) is 3.02. The smallest absolute Gasteiger partial charge is 0.259 e. The van der Waals surface area contributed by atoms with Crippen LogP contribution in [0.1, 0.15) is 34.4 Å². The lowest BCUT2D eigenvalue weighted by Crippen LogP contribution is -2.16. The summed E-state index contributed by atoms with van der Waals surface area (Å²) in [5.74, 6) is 3.11. The molecule has 0 spiro atoms. The van der Waals surface area contributed by atoms with Crippen LogP contribution in [0.25, 0.3) is 0 Å². The molecule has 1 aliphatic heterocycles. The van der Waals surface area contributed by atoms with E-state index in [4.69, 9.17) is 0 Å². The number of amides is 1. The van der Waals surface area contributed by atoms with Gasteiger partial charge in [0.15, 0.2) is 0 Å². The fourth-order valence-corrected chi connectivity index (χ4v) is 3.17. The van der Waals surface area contributed by atoms with Crippen molar-refractivity contribution in [3.63, 3.8) is 0 Å². The van der Waals surface area contributed by atoms with Crippen LogP contribution >= 0.6 is 11.8 Å². The molecule has 3 rings (SSSR count). The minimum absolute atomic E-state index is 0.199. The zero-order valence-corrected chi connectivity index (χ0v) is 12.2. The van der Waals surface area contributed by atoms with E-state index in [-0.39, 0.29) is 5.91 Å². The maximum Gasteiger partial charge on any atom is 0.259 e. The highest BCUT2D eigenvalue weighted by Crippen LogP contribution is 2.34. The quantitative estimate of drug-likeness (QED) is 0.932. The van der Waals surface area contributed by atoms with Crippen LogP contribution in [0.2, 0.25) is 0 Å². The van der Waals surface area contributed by atoms with Gasteiger partial charge in [-0.1, -0.05) is 6.92 Å². The van der Waals surface area contributed by atoms with Gasteiger partial charge in [-0.3, -0.25) is 9.48 Å². The van der Waals surface area contributed by atoms with Crippen molar-refractivity contribution in [2.45, 2.75) is 24.9 Å². The van der Waals surface area contributed by atoms with Crippen molar-refractivity contribution >= 4 is 23.5 Å². The lowest BCUT2D eigenvalue weighted by atomic mass is 10.2. The predicted octanol–water partition coefficient (Wildman–Crippen LogP) is 1.77. The summed E-state index contributed by atoms with van der Waals surface area (Å²) in [5, 5.41) is 7.33. The number of aromatic nitrogens is 4. The second-order valence-corrected chi connectivity index (χ2v) is 5.57. The maximum absolute atomic E-state index is 12.2. The van der Waals surface area contributed by atoms with E-state index in [9.17, 15) is 4.79 Å². The third kappa shape index (κ3) is 2.29. The summed E-state index contributed by atoms with van der Waals surface area (Å²) in [6.45, 7) is 1.98. The van der Waals surface area contributed by atoms with Crippen LogP contribution in [0, 0.1) is 0 Å². The van der Waals surface area contributed by atoms with Gasteiger partial charge in [0, 0.05) is 42.9 Å². The average molecular weight is 289 g/mol. The molecule has 1 aliphatic rings. The molecule has 2 aromatic heterocycles. The molecule has 3 heterocycles. The summed E-state index contributed by atoms with van der Waals surface area (Å²) in [5.41, 5.74) is 2.64. The maximum atomic E-state index is 12.2. The van der Waals surface area contributed by atoms with Gasteiger partial charge < -0.3 is 5.32 Å². The number of rotatable bonds is 3. The first-order valence-electron chi connectivity index (χ1n) is 6.43. The molecule has 0 radical (unpaired) electrons. The molecule has 0 saturated heterocycles. The van der Waals surface area contributed by atoms with Crippen LogP contribution in [0.15, 0.2) is 12.4 Å². The van der Waals surface area contributed by atoms with E-state index >= 15 is 0 Å². The number of hydrogen-bond donors (Lipinski definition) is 1. The van der Waals surface area contributed by atoms with Crippen molar-refractivity contribution in [2.24, 2.45) is 7.05 Å². The normalized spacial score (nSPS) is 13.3. The first kappa shape index (κ1) is 13.1. The van der Waals surface area contributed by atoms with Crippen molar-refractivity contribution < 1.29 is 4.79 Å². The number of nitrogens with zero attached hydrogens (tertiary/aromatic N) is 4. The summed E-state index contributed by atoms with van der Waals surface area (Å²) < 4.78 is 1.73. The monoisotopic (exact) mass is 289 g/mol. The van der Waals surface area contributed by atoms with Gasteiger partial charge in [0.05, 0.1) is 11.3 Å². The molecule has 0 saturated carbocycles. The van der Waals surface area contributed by atoms with Gasteiger partial charge >= 0.3 is 0 Å². The number of aryl methyl sites for hydroxylation is 2. The first-order chi connectivity index (χ1) is 9.69. The number of thioether (sulfide) groups is 1. The molecule has 0 fully saturated rings. The van der Waals surface area contributed by atoms with E-state index in [2.05, 4.69) is 20.4 Å². The first-order valence-corrected chi connectivity index (χ1v) is 7.59. The number of carbonyl (C=O) groups excluding carboxylic acids is 1. The van der Waals surface area contributed by atoms with Gasteiger partial charge in [0.2, 0.25) is 0 Å². The second-order valence-electron chi connectivity index (χ2n) is 4.59. The summed E-state index contributed by atoms with van der Waals surface area (Å²) in [6.07, 6.45) is 3.88. The Morgan fingerprint density at radius 2 is 2.15 bits per heavy atom. The van der Waals surface area contributed by atoms with Crippen LogP contribution in [-0.2, 0) is 25.0 Å². The number of hydrogen-bond acceptors (Lipinski definition) is 5. The number of anilines is 1. The zero-order valence-electron chi connectivity index (χ0n) is 11.4. The molecular weight excluding hydrogens is 274 g/mol. The summed E-state index contributed by atoms with van der Waals surface area (Å²) in [4.78, 5) is 20.5. The number of fused-ring (bicyclic) bond motifs is 1. The largest absolute Gasteiger partial charge is 0.306 e. The van der Waals surface area contributed by atoms with Crippen LogP contribution in [0.4, 0.5) is 5.82 Å². The molecule has 104 valence electrons. The summed E-state index contributed by atoms with van der Waals surface area (Å²) in [6, 6.07) is 0. The fraction of sp³-hybridized carbons (Fsp3) is 0.385. The number of carbonyl (C=O) groups is 1. The lowest BCUT2D eigenvalue weighted by molar-refractivity contribution is 0.102. The van der Waals surface area contributed by atoms with Crippen molar-refractivity contribution in [3.05, 3.63) is 35.0 Å². The molecule has 0 atom stereocenters. The van der Waals surface area contributed by atoms with E-state index in [1.165, 1.54) is 0 Å². The Hall–Kier alpha value is -1.89. The van der Waals surface area contributed by atoms with E-state index in [1.807, 2.05) is 25.7 Å². The number of nitrogens with one attached hydrogen (secondary N) is 1. The van der Waals surface area contributed by atoms with Crippen molar-refractivity contribution in [3.8, 4) is 0 Å². The molecule has 0 unspecified atom stereocenters. The van der Waals surface area contributed by atoms with Crippen LogP contribution in [-0.4, -0.2) is 25.7 Å². The third-order valence-corrected chi connectivity index (χ3v) is 4.20. The molecule has 1 N–H and O–H groups in total. The van der Waals surface area contributed by atoms with Crippen molar-refractivity contribution in [1.29, 1.82) is 0 Å². The Balaban J connectivity index is 1.82. The molecule has 6 nitrogen and oxygen atoms in total. The Morgan fingerprint density at radius 1 is 1.40 bits per heavy atom. The fourth-order valence-electron chi connectivity index (χ4n) is 2.13. The SMILES string of the molecule is CCc1ncc(C(=O)Nc2c3c(nn2C)CSC3)cn1. The molecule has 1 amide bonds. The van der Waals surface area contributed by atoms with Crippen molar-refractivity contribution in [1.82, 2.24) is 19.7 Å². The highest BCUT2D eigenvalue weighted by atomic mass is 32.2. The van der Waals surface area contributed by atoms with Crippen LogP contribution < -0.4 is 5.32 Å². The van der Waals surface area contributed by atoms with Gasteiger partial charge in [0.1, 0.15) is 11.6 Å². The van der Waals surface area contributed by atoms with Crippen LogP contribution in [0.3, 0.4) is 0 Å². The van der Waals surface area contributed by atoms with Gasteiger partial charge in [-0.15, -0.1) is 0 Å². The summed E-state index contributed by atoms with van der Waals surface area (Å²) in [7, 11) is 1.84. The third-order valence-electron chi connectivity index (χ3n) is 3.23. The van der Waals surface area contributed by atoms with E-state index in [1.54, 1.807) is 17.1 Å². The standard InChI is InChI=1S/C13H15N5OS/c1-3-11-14-4-8(5-15-11)13(19)16-12-9-6-20-7-10(9)17-18(12)2/h4-5H,3,6-7H2,1-2H3,(H,16,19). The van der Waals surface area contributed by atoms with Gasteiger partial charge in [-0.05, 0) is 0 Å². The van der Waals surface area contributed by atoms with Gasteiger partial charge in [-0.25, -0.2) is 9.97 Å². The van der Waals surface area contributed by atoms with E-state index in [0.29, 0.717) is 5.56 Å². The van der Waals surface area contributed by atoms with E-state index < -0.39 is 0 Å². The van der Waals surface area contributed by atoms with Crippen LogP contribution in [0.5, 0.6) is 0 Å². The topological polar surface area (TPSA) is 72.7 Å². The molecule has 0 aliphatic carbocycles. The minimum atomic E-state index is -0.199. The van der Waals surface area contributed by atoms with Gasteiger partial charge in [-0.2, -0.15) is 16.9 Å². The Morgan fingerprint density at radius 3 is 2.85 bits per heavy atom. The zero-order chi connectivity index (χ0) is 14.1.